The highest BCUT2D eigenvalue weighted by molar-refractivity contribution is 6.34. The van der Waals surface area contributed by atoms with Crippen LogP contribution in [0.3, 0.4) is 0 Å². The van der Waals surface area contributed by atoms with E-state index in [-0.39, 0.29) is 10.0 Å². The van der Waals surface area contributed by atoms with Gasteiger partial charge in [0.1, 0.15) is 5.75 Å². The fourth-order valence-electron chi connectivity index (χ4n) is 1.06. The van der Waals surface area contributed by atoms with Gasteiger partial charge < -0.3 is 4.74 Å². The molecule has 0 atom stereocenters. The second kappa shape index (κ2) is 5.53. The van der Waals surface area contributed by atoms with Crippen LogP contribution < -0.4 is 4.74 Å². The van der Waals surface area contributed by atoms with Gasteiger partial charge in [0.2, 0.25) is 0 Å². The Hall–Kier alpha value is -1.22. The van der Waals surface area contributed by atoms with Gasteiger partial charge in [-0.15, -0.1) is 0 Å². The lowest BCUT2D eigenvalue weighted by molar-refractivity contribution is -0.346. The first-order valence-electron chi connectivity index (χ1n) is 4.80. The van der Waals surface area contributed by atoms with Crippen LogP contribution in [-0.2, 0) is 4.79 Å². The molecule has 0 spiro atoms. The smallest absolute Gasteiger partial charge is 0.422 e. The Kier molecular flexibility index (Phi) is 4.69. The summed E-state index contributed by atoms with van der Waals surface area (Å²) in [6.45, 7) is 0. The molecule has 0 amide bonds. The van der Waals surface area contributed by atoms with Crippen molar-refractivity contribution < 1.29 is 40.3 Å². The van der Waals surface area contributed by atoms with Crippen molar-refractivity contribution in [2.24, 2.45) is 0 Å². The maximum absolute atomic E-state index is 13.0. The van der Waals surface area contributed by atoms with E-state index in [1.807, 2.05) is 0 Å². The second-order valence-corrected chi connectivity index (χ2v) is 4.51. The molecule has 1 aromatic rings. The number of rotatable bonds is 3. The van der Waals surface area contributed by atoms with Crippen molar-refractivity contribution in [3.05, 3.63) is 28.2 Å². The van der Waals surface area contributed by atoms with Crippen molar-refractivity contribution in [3.8, 4) is 5.75 Å². The van der Waals surface area contributed by atoms with Gasteiger partial charge in [-0.05, 0) is 18.2 Å². The van der Waals surface area contributed by atoms with Crippen LogP contribution in [0.5, 0.6) is 5.75 Å². The van der Waals surface area contributed by atoms with Crippen LogP contribution in [0.1, 0.15) is 0 Å². The van der Waals surface area contributed by atoms with Gasteiger partial charge in [0.25, 0.3) is 0 Å². The summed E-state index contributed by atoms with van der Waals surface area (Å²) in [5, 5.41) is -0.424. The largest absolute Gasteiger partial charge is 0.460 e. The molecule has 0 saturated carbocycles. The summed E-state index contributed by atoms with van der Waals surface area (Å²) in [5.41, 5.74) is 0. The summed E-state index contributed by atoms with van der Waals surface area (Å²) in [5.74, 6) is -16.6. The first-order chi connectivity index (χ1) is 9.29. The Balaban J connectivity index is 3.07. The van der Waals surface area contributed by atoms with E-state index in [4.69, 9.17) is 23.2 Å². The normalized spacial score (nSPS) is 13.2. The fourth-order valence-corrected chi connectivity index (χ4v) is 1.57. The summed E-state index contributed by atoms with van der Waals surface area (Å²) in [7, 11) is 0. The van der Waals surface area contributed by atoms with E-state index in [9.17, 15) is 35.5 Å². The zero-order valence-corrected chi connectivity index (χ0v) is 11.0. The second-order valence-electron chi connectivity index (χ2n) is 3.64. The number of halogens is 9. The summed E-state index contributed by atoms with van der Waals surface area (Å²) in [4.78, 5) is 10.9. The molecule has 0 aliphatic heterocycles. The molecule has 0 N–H and O–H groups in total. The molecule has 0 aliphatic rings. The van der Waals surface area contributed by atoms with Crippen LogP contribution >= 0.6 is 23.2 Å². The summed E-state index contributed by atoms with van der Waals surface area (Å²) in [6.07, 6.45) is -6.64. The topological polar surface area (TPSA) is 26.3 Å². The van der Waals surface area contributed by atoms with Crippen molar-refractivity contribution in [2.75, 3.05) is 0 Å². The van der Waals surface area contributed by atoms with Crippen LogP contribution in [0.25, 0.3) is 0 Å². The Morgan fingerprint density at radius 2 is 1.33 bits per heavy atom. The summed E-state index contributed by atoms with van der Waals surface area (Å²) in [6, 6.07) is 2.54. The SMILES string of the molecule is O=C(Oc1cc(Cl)cc(Cl)c1)C(F)(F)C(F)(F)C(F)(F)F. The van der Waals surface area contributed by atoms with Crippen molar-refractivity contribution >= 4 is 29.2 Å². The Bertz CT molecular complexity index is 537. The molecule has 0 aliphatic carbocycles. The molecule has 1 rings (SSSR count). The van der Waals surface area contributed by atoms with Crippen molar-refractivity contribution in [1.82, 2.24) is 0 Å². The Labute approximate surface area is 122 Å². The number of hydrogen-bond acceptors (Lipinski definition) is 2. The fraction of sp³-hybridized carbons (Fsp3) is 0.300. The third kappa shape index (κ3) is 3.52. The molecule has 0 bridgehead atoms. The van der Waals surface area contributed by atoms with E-state index in [0.717, 1.165) is 18.2 Å². The monoisotopic (exact) mass is 358 g/mol. The number of esters is 1. The number of carbonyl (C=O) groups excluding carboxylic acids is 1. The molecule has 0 unspecified atom stereocenters. The molecular formula is C10H3Cl2F7O2. The molecule has 0 radical (unpaired) electrons. The molecule has 21 heavy (non-hydrogen) atoms. The van der Waals surface area contributed by atoms with E-state index in [1.165, 1.54) is 0 Å². The molecular weight excluding hydrogens is 356 g/mol. The van der Waals surface area contributed by atoms with Gasteiger partial charge in [-0.1, -0.05) is 23.2 Å². The van der Waals surface area contributed by atoms with E-state index in [1.54, 1.807) is 0 Å². The average molecular weight is 359 g/mol. The molecule has 118 valence electrons. The van der Waals surface area contributed by atoms with E-state index in [0.29, 0.717) is 0 Å². The van der Waals surface area contributed by atoms with E-state index < -0.39 is 29.7 Å². The first kappa shape index (κ1) is 17.8. The number of ether oxygens (including phenoxy) is 1. The van der Waals surface area contributed by atoms with E-state index in [2.05, 4.69) is 4.74 Å². The highest BCUT2D eigenvalue weighted by Gasteiger charge is 2.77. The minimum absolute atomic E-state index is 0.212. The Morgan fingerprint density at radius 3 is 1.71 bits per heavy atom. The van der Waals surface area contributed by atoms with Gasteiger partial charge in [-0.3, -0.25) is 0 Å². The van der Waals surface area contributed by atoms with Crippen molar-refractivity contribution in [3.63, 3.8) is 0 Å². The average Bonchev–Trinajstić information content (AvgIpc) is 2.25. The maximum Gasteiger partial charge on any atom is 0.460 e. The molecule has 11 heteroatoms. The van der Waals surface area contributed by atoms with Crippen LogP contribution in [0.15, 0.2) is 18.2 Å². The number of carbonyl (C=O) groups is 1. The van der Waals surface area contributed by atoms with Crippen LogP contribution in [0.2, 0.25) is 10.0 Å². The van der Waals surface area contributed by atoms with Gasteiger partial charge in [-0.2, -0.15) is 30.7 Å². The van der Waals surface area contributed by atoms with Crippen LogP contribution in [0.4, 0.5) is 30.7 Å². The molecule has 2 nitrogen and oxygen atoms in total. The summed E-state index contributed by atoms with van der Waals surface area (Å²) >= 11 is 10.8. The highest BCUT2D eigenvalue weighted by Crippen LogP contribution is 2.47. The van der Waals surface area contributed by atoms with Crippen molar-refractivity contribution in [2.45, 2.75) is 18.0 Å². The maximum atomic E-state index is 13.0. The predicted molar refractivity (Wildman–Crippen MR) is 58.0 cm³/mol. The third-order valence-electron chi connectivity index (χ3n) is 2.05. The van der Waals surface area contributed by atoms with Crippen LogP contribution in [-0.4, -0.2) is 24.0 Å². The number of alkyl halides is 7. The zero-order chi connectivity index (χ0) is 16.6. The van der Waals surface area contributed by atoms with E-state index >= 15 is 0 Å². The minimum Gasteiger partial charge on any atom is -0.422 e. The third-order valence-corrected chi connectivity index (χ3v) is 2.49. The van der Waals surface area contributed by atoms with Crippen molar-refractivity contribution in [1.29, 1.82) is 0 Å². The molecule has 0 heterocycles. The van der Waals surface area contributed by atoms with Gasteiger partial charge in [0.05, 0.1) is 0 Å². The lowest BCUT2D eigenvalue weighted by atomic mass is 10.1. The van der Waals surface area contributed by atoms with Crippen LogP contribution in [0, 0.1) is 0 Å². The first-order valence-corrected chi connectivity index (χ1v) is 5.55. The van der Waals surface area contributed by atoms with Gasteiger partial charge >= 0.3 is 24.0 Å². The number of hydrogen-bond donors (Lipinski definition) is 0. The minimum atomic E-state index is -6.64. The molecule has 0 fully saturated rings. The standard InChI is InChI=1S/C10H3Cl2F7O2/c11-4-1-5(12)3-6(2-4)21-7(20)8(13,14)9(15,16)10(17,18)19/h1-3H. The lowest BCUT2D eigenvalue weighted by Crippen LogP contribution is -2.57. The lowest BCUT2D eigenvalue weighted by Gasteiger charge is -2.26. The molecule has 1 aromatic carbocycles. The molecule has 0 saturated heterocycles. The molecule has 0 aromatic heterocycles. The predicted octanol–water partition coefficient (Wildman–Crippen LogP) is 4.73. The van der Waals surface area contributed by atoms with Gasteiger partial charge in [-0.25, -0.2) is 4.79 Å². The highest BCUT2D eigenvalue weighted by atomic mass is 35.5. The number of benzene rings is 1. The van der Waals surface area contributed by atoms with Gasteiger partial charge in [0.15, 0.2) is 0 Å². The van der Waals surface area contributed by atoms with Gasteiger partial charge in [0, 0.05) is 10.0 Å². The quantitative estimate of drug-likeness (QED) is 0.443. The zero-order valence-electron chi connectivity index (χ0n) is 9.45. The summed E-state index contributed by atoms with van der Waals surface area (Å²) < 4.78 is 90.5. The Morgan fingerprint density at radius 1 is 0.905 bits per heavy atom.